The summed E-state index contributed by atoms with van der Waals surface area (Å²) < 4.78 is 0. The van der Waals surface area contributed by atoms with Crippen LogP contribution in [0.15, 0.2) is 4.99 Å². The zero-order chi connectivity index (χ0) is 14.2. The van der Waals surface area contributed by atoms with Gasteiger partial charge in [-0.25, -0.2) is 5.26 Å². The highest BCUT2D eigenvalue weighted by atomic mass is 32.2. The summed E-state index contributed by atoms with van der Waals surface area (Å²) >= 11 is 1.08. The van der Waals surface area contributed by atoms with E-state index in [9.17, 15) is 0 Å². The van der Waals surface area contributed by atoms with Gasteiger partial charge in [-0.2, -0.15) is 0 Å². The maximum atomic E-state index is 8.57. The molecule has 20 heavy (non-hydrogen) atoms. The molecule has 0 unspecified atom stereocenters. The average Bonchev–Trinajstić information content (AvgIpc) is 2.49. The summed E-state index contributed by atoms with van der Waals surface area (Å²) in [4.78, 5) is 8.74. The molecule has 2 aliphatic carbocycles. The Morgan fingerprint density at radius 1 is 1.05 bits per heavy atom. The topological polar surface area (TPSA) is 77.7 Å². The van der Waals surface area contributed by atoms with Crippen LogP contribution in [0.1, 0.15) is 64.2 Å². The zero-order valence-corrected chi connectivity index (χ0v) is 12.8. The molecule has 2 fully saturated rings. The van der Waals surface area contributed by atoms with Crippen molar-refractivity contribution in [3.05, 3.63) is 0 Å². The van der Waals surface area contributed by atoms with Crippen molar-refractivity contribution in [2.75, 3.05) is 0 Å². The number of aliphatic imine (C=N–C) groups is 1. The molecular weight excluding hydrogens is 274 g/mol. The van der Waals surface area contributed by atoms with E-state index in [0.717, 1.165) is 42.6 Å². The maximum Gasteiger partial charge on any atom is 0.291 e. The van der Waals surface area contributed by atoms with Crippen molar-refractivity contribution in [1.29, 1.82) is 5.41 Å². The Morgan fingerprint density at radius 2 is 1.65 bits per heavy atom. The quantitative estimate of drug-likeness (QED) is 0.314. The first-order valence-electron chi connectivity index (χ1n) is 7.70. The van der Waals surface area contributed by atoms with E-state index >= 15 is 0 Å². The fourth-order valence-electron chi connectivity index (χ4n) is 3.00. The van der Waals surface area contributed by atoms with Gasteiger partial charge in [-0.3, -0.25) is 10.4 Å². The van der Waals surface area contributed by atoms with Crippen LogP contribution < -0.4 is 5.32 Å². The first-order chi connectivity index (χ1) is 9.78. The third-order valence-corrected chi connectivity index (χ3v) is 4.76. The van der Waals surface area contributed by atoms with Gasteiger partial charge in [0.25, 0.3) is 5.23 Å². The van der Waals surface area contributed by atoms with Crippen LogP contribution in [0.3, 0.4) is 0 Å². The van der Waals surface area contributed by atoms with E-state index in [4.69, 9.17) is 15.7 Å². The first-order valence-corrected chi connectivity index (χ1v) is 8.51. The monoisotopic (exact) mass is 299 g/mol. The highest BCUT2D eigenvalue weighted by Crippen LogP contribution is 2.23. The summed E-state index contributed by atoms with van der Waals surface area (Å²) in [5.41, 5.74) is 0. The Labute approximate surface area is 125 Å². The lowest BCUT2D eigenvalue weighted by Crippen LogP contribution is -2.36. The highest BCUT2D eigenvalue weighted by molar-refractivity contribution is 8.26. The molecule has 0 atom stereocenters. The van der Waals surface area contributed by atoms with Gasteiger partial charge < -0.3 is 10.2 Å². The Morgan fingerprint density at radius 3 is 2.25 bits per heavy atom. The van der Waals surface area contributed by atoms with Gasteiger partial charge in [-0.1, -0.05) is 38.5 Å². The van der Waals surface area contributed by atoms with Crippen LogP contribution in [0.2, 0.25) is 0 Å². The molecule has 3 N–H and O–H groups in total. The fraction of sp³-hybridized carbons (Fsp3) is 0.857. The van der Waals surface area contributed by atoms with Gasteiger partial charge in [0.05, 0.1) is 6.04 Å². The van der Waals surface area contributed by atoms with Crippen molar-refractivity contribution in [2.24, 2.45) is 4.99 Å². The number of hydrogen-bond donors (Lipinski definition) is 3. The molecule has 0 aromatic heterocycles. The lowest BCUT2D eigenvalue weighted by molar-refractivity contribution is -0.151. The smallest absolute Gasteiger partial charge is 0.291 e. The second-order valence-electron chi connectivity index (χ2n) is 5.69. The number of hydrogen-bond acceptors (Lipinski definition) is 5. The van der Waals surface area contributed by atoms with Crippen LogP contribution >= 0.6 is 11.8 Å². The van der Waals surface area contributed by atoms with Gasteiger partial charge in [-0.15, -0.1) is 0 Å². The molecule has 0 aromatic carbocycles. The Kier molecular flexibility index (Phi) is 6.66. The van der Waals surface area contributed by atoms with Gasteiger partial charge in [0.2, 0.25) is 0 Å². The number of nitrogens with one attached hydrogen (secondary N) is 2. The van der Waals surface area contributed by atoms with Crippen molar-refractivity contribution >= 4 is 22.2 Å². The minimum Gasteiger partial charge on any atom is -0.362 e. The Balaban J connectivity index is 1.94. The van der Waals surface area contributed by atoms with Crippen molar-refractivity contribution in [3.63, 3.8) is 0 Å². The van der Waals surface area contributed by atoms with Crippen molar-refractivity contribution in [3.8, 4) is 0 Å². The maximum absolute atomic E-state index is 8.57. The van der Waals surface area contributed by atoms with Gasteiger partial charge in [0.15, 0.2) is 5.17 Å². The molecule has 0 aliphatic heterocycles. The van der Waals surface area contributed by atoms with Gasteiger partial charge in [0, 0.05) is 17.8 Å². The number of thioether (sulfide) groups is 1. The predicted octanol–water partition coefficient (Wildman–Crippen LogP) is 3.75. The van der Waals surface area contributed by atoms with Crippen LogP contribution in [0.4, 0.5) is 0 Å². The molecule has 0 bridgehead atoms. The summed E-state index contributed by atoms with van der Waals surface area (Å²) in [7, 11) is 0. The molecule has 0 amide bonds. The molecular formula is C14H25N3O2S. The van der Waals surface area contributed by atoms with Gasteiger partial charge in [0.1, 0.15) is 0 Å². The van der Waals surface area contributed by atoms with Crippen LogP contribution in [0, 0.1) is 5.41 Å². The molecule has 5 nitrogen and oxygen atoms in total. The summed E-state index contributed by atoms with van der Waals surface area (Å²) in [5.74, 6) is 0. The van der Waals surface area contributed by atoms with Crippen LogP contribution in [-0.4, -0.2) is 27.7 Å². The number of amidine groups is 1. The Bertz CT molecular complexity index is 337. The van der Waals surface area contributed by atoms with E-state index in [1.165, 1.54) is 38.5 Å². The predicted molar refractivity (Wildman–Crippen MR) is 83.3 cm³/mol. The average molecular weight is 299 g/mol. The zero-order valence-electron chi connectivity index (χ0n) is 11.9. The van der Waals surface area contributed by atoms with Crippen LogP contribution in [0.5, 0.6) is 0 Å². The second-order valence-corrected chi connectivity index (χ2v) is 6.65. The molecule has 114 valence electrons. The largest absolute Gasteiger partial charge is 0.362 e. The minimum absolute atomic E-state index is 0.220. The van der Waals surface area contributed by atoms with E-state index in [1.54, 1.807) is 0 Å². The highest BCUT2D eigenvalue weighted by Gasteiger charge is 2.19. The van der Waals surface area contributed by atoms with E-state index in [-0.39, 0.29) is 5.23 Å². The van der Waals surface area contributed by atoms with Crippen molar-refractivity contribution in [2.45, 2.75) is 76.3 Å². The van der Waals surface area contributed by atoms with E-state index in [1.807, 2.05) is 0 Å². The molecule has 2 saturated carbocycles. The summed E-state index contributed by atoms with van der Waals surface area (Å²) in [6, 6.07) is 0.805. The summed E-state index contributed by atoms with van der Waals surface area (Å²) in [5, 5.41) is 20.0. The molecule has 0 saturated heterocycles. The fourth-order valence-corrected chi connectivity index (χ4v) is 3.64. The molecule has 0 spiro atoms. The van der Waals surface area contributed by atoms with E-state index in [2.05, 4.69) is 10.2 Å². The van der Waals surface area contributed by atoms with Gasteiger partial charge >= 0.3 is 0 Å². The SMILES string of the molecule is N=C(OO)SC(=NC1CCCCC1)NC1CCCCC1. The second kappa shape index (κ2) is 8.52. The lowest BCUT2D eigenvalue weighted by Gasteiger charge is -2.25. The van der Waals surface area contributed by atoms with Gasteiger partial charge in [-0.05, 0) is 25.7 Å². The van der Waals surface area contributed by atoms with E-state index < -0.39 is 0 Å². The normalized spacial score (nSPS) is 22.6. The van der Waals surface area contributed by atoms with Crippen molar-refractivity contribution in [1.82, 2.24) is 5.32 Å². The molecule has 2 rings (SSSR count). The van der Waals surface area contributed by atoms with Crippen molar-refractivity contribution < 1.29 is 10.1 Å². The summed E-state index contributed by atoms with van der Waals surface area (Å²) in [6.45, 7) is 0. The third kappa shape index (κ3) is 5.32. The number of nitrogens with zero attached hydrogens (tertiary/aromatic N) is 1. The molecule has 0 heterocycles. The minimum atomic E-state index is -0.220. The molecule has 2 aliphatic rings. The first kappa shape index (κ1) is 15.6. The number of rotatable bonds is 2. The third-order valence-electron chi connectivity index (χ3n) is 4.08. The summed E-state index contributed by atoms with van der Waals surface area (Å²) in [6.07, 6.45) is 12.2. The molecule has 6 heteroatoms. The Hall–Kier alpha value is -0.750. The van der Waals surface area contributed by atoms with E-state index in [0.29, 0.717) is 12.1 Å². The van der Waals surface area contributed by atoms with Crippen LogP contribution in [-0.2, 0) is 4.89 Å². The molecule has 0 radical (unpaired) electrons. The standard InChI is InChI=1S/C14H25N3O2S/c15-13(19-18)20-14(16-11-7-3-1-4-8-11)17-12-9-5-2-6-10-12/h11-12,15,18H,1-10H2,(H,16,17). The lowest BCUT2D eigenvalue weighted by atomic mass is 9.95. The van der Waals surface area contributed by atoms with Crippen LogP contribution in [0.25, 0.3) is 0 Å². The molecule has 0 aromatic rings.